The van der Waals surface area contributed by atoms with E-state index in [4.69, 9.17) is 16.3 Å². The summed E-state index contributed by atoms with van der Waals surface area (Å²) in [6.07, 6.45) is 0. The lowest BCUT2D eigenvalue weighted by molar-refractivity contribution is 0.0527. The van der Waals surface area contributed by atoms with E-state index in [1.54, 1.807) is 20.9 Å². The first kappa shape index (κ1) is 17.5. The molecule has 0 aliphatic carbocycles. The van der Waals surface area contributed by atoms with E-state index in [2.05, 4.69) is 10.4 Å². The van der Waals surface area contributed by atoms with Gasteiger partial charge < -0.3 is 10.1 Å². The van der Waals surface area contributed by atoms with Gasteiger partial charge in [-0.05, 0) is 33.3 Å². The van der Waals surface area contributed by atoms with Crippen molar-refractivity contribution in [3.8, 4) is 0 Å². The Balaban J connectivity index is 2.38. The smallest absolute Gasteiger partial charge is 0.341 e. The quantitative estimate of drug-likeness (QED) is 0.852. The zero-order valence-electron chi connectivity index (χ0n) is 13.6. The van der Waals surface area contributed by atoms with Crippen LogP contribution in [0.25, 0.3) is 0 Å². The first-order chi connectivity index (χ1) is 10.8. The van der Waals surface area contributed by atoms with Crippen molar-refractivity contribution in [3.05, 3.63) is 32.4 Å². The van der Waals surface area contributed by atoms with Crippen LogP contribution in [0.4, 0.5) is 5.00 Å². The van der Waals surface area contributed by atoms with E-state index in [1.807, 2.05) is 13.8 Å². The van der Waals surface area contributed by atoms with E-state index < -0.39 is 11.9 Å². The maximum absolute atomic E-state index is 12.5. The summed E-state index contributed by atoms with van der Waals surface area (Å²) in [6.45, 7) is 7.45. The number of esters is 1. The summed E-state index contributed by atoms with van der Waals surface area (Å²) in [5, 5.41) is 7.63. The summed E-state index contributed by atoms with van der Waals surface area (Å²) in [5.74, 6) is -0.859. The van der Waals surface area contributed by atoms with Crippen molar-refractivity contribution in [1.29, 1.82) is 0 Å². The second-order valence-electron chi connectivity index (χ2n) is 5.03. The molecule has 23 heavy (non-hydrogen) atoms. The Morgan fingerprint density at radius 2 is 2.00 bits per heavy atom. The van der Waals surface area contributed by atoms with Gasteiger partial charge in [-0.1, -0.05) is 11.6 Å². The van der Waals surface area contributed by atoms with Gasteiger partial charge in [-0.15, -0.1) is 11.3 Å². The Kier molecular flexibility index (Phi) is 5.11. The molecular weight excluding hydrogens is 338 g/mol. The molecule has 0 atom stereocenters. The van der Waals surface area contributed by atoms with Crippen LogP contribution in [0.1, 0.15) is 43.9 Å². The van der Waals surface area contributed by atoms with Gasteiger partial charge in [-0.25, -0.2) is 4.79 Å². The van der Waals surface area contributed by atoms with Crippen LogP contribution in [0.5, 0.6) is 0 Å². The highest BCUT2D eigenvalue weighted by Crippen LogP contribution is 2.33. The molecule has 124 valence electrons. The van der Waals surface area contributed by atoms with Gasteiger partial charge >= 0.3 is 5.97 Å². The van der Waals surface area contributed by atoms with E-state index in [0.29, 0.717) is 21.3 Å². The molecule has 0 aromatic carbocycles. The van der Waals surface area contributed by atoms with Gasteiger partial charge in [0, 0.05) is 11.9 Å². The van der Waals surface area contributed by atoms with E-state index in [1.165, 1.54) is 16.0 Å². The second kappa shape index (κ2) is 6.72. The molecule has 0 bridgehead atoms. The van der Waals surface area contributed by atoms with Gasteiger partial charge in [0.15, 0.2) is 0 Å². The van der Waals surface area contributed by atoms with E-state index in [9.17, 15) is 9.59 Å². The fourth-order valence-electron chi connectivity index (χ4n) is 2.21. The molecule has 0 spiro atoms. The van der Waals surface area contributed by atoms with Crippen molar-refractivity contribution in [2.24, 2.45) is 7.05 Å². The molecule has 1 N–H and O–H groups in total. The van der Waals surface area contributed by atoms with Gasteiger partial charge in [0.2, 0.25) is 0 Å². The highest BCUT2D eigenvalue weighted by Gasteiger charge is 2.25. The minimum Gasteiger partial charge on any atom is -0.462 e. The third-order valence-electron chi connectivity index (χ3n) is 3.46. The molecular formula is C15H18ClN3O3S. The second-order valence-corrected chi connectivity index (χ2v) is 6.64. The van der Waals surface area contributed by atoms with Gasteiger partial charge in [-0.3, -0.25) is 9.48 Å². The fourth-order valence-corrected chi connectivity index (χ4v) is 3.49. The maximum atomic E-state index is 12.5. The zero-order valence-corrected chi connectivity index (χ0v) is 15.2. The van der Waals surface area contributed by atoms with Crippen LogP contribution in [0, 0.1) is 20.8 Å². The Morgan fingerprint density at radius 1 is 1.35 bits per heavy atom. The third-order valence-corrected chi connectivity index (χ3v) is 5.03. The number of aromatic nitrogens is 2. The van der Waals surface area contributed by atoms with Crippen LogP contribution < -0.4 is 5.32 Å². The highest BCUT2D eigenvalue weighted by molar-refractivity contribution is 7.16. The minimum absolute atomic E-state index is 0.252. The highest BCUT2D eigenvalue weighted by atomic mass is 35.5. The molecule has 0 fully saturated rings. The van der Waals surface area contributed by atoms with Gasteiger partial charge in [0.1, 0.15) is 10.7 Å². The number of anilines is 1. The number of ether oxygens (including phenoxy) is 1. The number of nitrogens with one attached hydrogen (secondary N) is 1. The Labute approximate surface area is 143 Å². The summed E-state index contributed by atoms with van der Waals surface area (Å²) in [4.78, 5) is 25.6. The number of carbonyl (C=O) groups is 2. The number of amides is 1. The summed E-state index contributed by atoms with van der Waals surface area (Å²) < 4.78 is 6.50. The molecule has 6 nitrogen and oxygen atoms in total. The fraction of sp³-hybridized carbons (Fsp3) is 0.400. The predicted octanol–water partition coefficient (Wildman–Crippen LogP) is 3.49. The van der Waals surface area contributed by atoms with Crippen LogP contribution in [-0.4, -0.2) is 28.3 Å². The molecule has 2 aromatic rings. The van der Waals surface area contributed by atoms with E-state index >= 15 is 0 Å². The first-order valence-corrected chi connectivity index (χ1v) is 8.24. The molecule has 2 rings (SSSR count). The van der Waals surface area contributed by atoms with E-state index in [-0.39, 0.29) is 12.3 Å². The van der Waals surface area contributed by atoms with Crippen LogP contribution in [0.2, 0.25) is 5.02 Å². The van der Waals surface area contributed by atoms with Crippen molar-refractivity contribution in [2.45, 2.75) is 27.7 Å². The van der Waals surface area contributed by atoms with Crippen molar-refractivity contribution >= 4 is 39.8 Å². The standard InChI is InChI=1S/C15H18ClN3O3S/c1-6-22-15(21)10-7(2)9(4)23-14(10)17-13(20)12-11(16)8(3)18-19(12)5/h6H2,1-5H3,(H,17,20). The topological polar surface area (TPSA) is 73.2 Å². The molecule has 1 amide bonds. The van der Waals surface area contributed by atoms with Crippen molar-refractivity contribution in [1.82, 2.24) is 9.78 Å². The normalized spacial score (nSPS) is 10.7. The third kappa shape index (κ3) is 3.25. The molecule has 0 saturated heterocycles. The summed E-state index contributed by atoms with van der Waals surface area (Å²) in [5.41, 5.74) is 2.01. The molecule has 8 heteroatoms. The van der Waals surface area contributed by atoms with Crippen molar-refractivity contribution in [2.75, 3.05) is 11.9 Å². The summed E-state index contributed by atoms with van der Waals surface area (Å²) >= 11 is 7.46. The van der Waals surface area contributed by atoms with Crippen LogP contribution in [0.3, 0.4) is 0 Å². The lowest BCUT2D eigenvalue weighted by Crippen LogP contribution is -2.18. The SMILES string of the molecule is CCOC(=O)c1c(NC(=O)c2c(Cl)c(C)nn2C)sc(C)c1C. The largest absolute Gasteiger partial charge is 0.462 e. The number of carbonyl (C=O) groups excluding carboxylic acids is 2. The number of hydrogen-bond donors (Lipinski definition) is 1. The van der Waals surface area contributed by atoms with Crippen molar-refractivity contribution in [3.63, 3.8) is 0 Å². The van der Waals surface area contributed by atoms with Gasteiger partial charge in [0.25, 0.3) is 5.91 Å². The van der Waals surface area contributed by atoms with Crippen LogP contribution in [-0.2, 0) is 11.8 Å². The molecule has 0 aliphatic rings. The number of thiophene rings is 1. The molecule has 2 heterocycles. The number of hydrogen-bond acceptors (Lipinski definition) is 5. The molecule has 2 aromatic heterocycles. The number of halogens is 1. The first-order valence-electron chi connectivity index (χ1n) is 7.05. The number of nitrogens with zero attached hydrogens (tertiary/aromatic N) is 2. The maximum Gasteiger partial charge on any atom is 0.341 e. The van der Waals surface area contributed by atoms with Crippen molar-refractivity contribution < 1.29 is 14.3 Å². The van der Waals surface area contributed by atoms with Gasteiger partial charge in [-0.2, -0.15) is 5.10 Å². The average Bonchev–Trinajstić information content (AvgIpc) is 2.87. The predicted molar refractivity (Wildman–Crippen MR) is 90.7 cm³/mol. The zero-order chi connectivity index (χ0) is 17.3. The minimum atomic E-state index is -0.447. The van der Waals surface area contributed by atoms with E-state index in [0.717, 1.165) is 10.4 Å². The lowest BCUT2D eigenvalue weighted by atomic mass is 10.1. The Hall–Kier alpha value is -1.86. The lowest BCUT2D eigenvalue weighted by Gasteiger charge is -2.07. The Bertz CT molecular complexity index is 780. The van der Waals surface area contributed by atoms with Crippen LogP contribution in [0.15, 0.2) is 0 Å². The average molecular weight is 356 g/mol. The van der Waals surface area contributed by atoms with Gasteiger partial charge in [0.05, 0.1) is 22.9 Å². The number of rotatable bonds is 4. The summed E-state index contributed by atoms with van der Waals surface area (Å²) in [6, 6.07) is 0. The monoisotopic (exact) mass is 355 g/mol. The van der Waals surface area contributed by atoms with Crippen LogP contribution >= 0.6 is 22.9 Å². The molecule has 0 aliphatic heterocycles. The molecule has 0 unspecified atom stereocenters. The number of aryl methyl sites for hydroxylation is 3. The molecule has 0 radical (unpaired) electrons. The Morgan fingerprint density at radius 3 is 2.52 bits per heavy atom. The summed E-state index contributed by atoms with van der Waals surface area (Å²) in [7, 11) is 1.64. The molecule has 0 saturated carbocycles.